The molecule has 0 atom stereocenters. The van der Waals surface area contributed by atoms with E-state index >= 15 is 0 Å². The maximum Gasteiger partial charge on any atom is 0.328 e. The molecule has 0 unspecified atom stereocenters. The summed E-state index contributed by atoms with van der Waals surface area (Å²) >= 11 is 9.42. The van der Waals surface area contributed by atoms with Crippen molar-refractivity contribution < 1.29 is 4.79 Å². The molecule has 0 bridgehead atoms. The van der Waals surface area contributed by atoms with Crippen molar-refractivity contribution in [1.82, 2.24) is 9.55 Å². The lowest BCUT2D eigenvalue weighted by atomic mass is 10.2. The van der Waals surface area contributed by atoms with Crippen LogP contribution in [-0.2, 0) is 6.54 Å². The summed E-state index contributed by atoms with van der Waals surface area (Å²) in [7, 11) is 0. The van der Waals surface area contributed by atoms with Gasteiger partial charge in [0.25, 0.3) is 11.5 Å². The fourth-order valence-corrected chi connectivity index (χ4v) is 2.95. The van der Waals surface area contributed by atoms with E-state index in [1.807, 2.05) is 0 Å². The van der Waals surface area contributed by atoms with Gasteiger partial charge in [0.05, 0.1) is 12.2 Å². The Morgan fingerprint density at radius 1 is 1.12 bits per heavy atom. The van der Waals surface area contributed by atoms with E-state index in [0.717, 1.165) is 10.8 Å². The van der Waals surface area contributed by atoms with E-state index in [1.165, 1.54) is 0 Å². The Balaban J connectivity index is 1.96. The Morgan fingerprint density at radius 2 is 1.81 bits per heavy atom. The Labute approximate surface area is 161 Å². The number of carbonyl (C=O) groups is 1. The lowest BCUT2D eigenvalue weighted by Crippen LogP contribution is -2.39. The van der Waals surface area contributed by atoms with Crippen molar-refractivity contribution >= 4 is 39.1 Å². The highest BCUT2D eigenvalue weighted by atomic mass is 79.9. The minimum absolute atomic E-state index is 0.0377. The summed E-state index contributed by atoms with van der Waals surface area (Å²) in [5.74, 6) is -0.619. The minimum Gasteiger partial charge on any atom is -0.321 e. The number of hydrogen-bond donors (Lipinski definition) is 2. The lowest BCUT2D eigenvalue weighted by molar-refractivity contribution is 0.102. The van der Waals surface area contributed by atoms with Crippen molar-refractivity contribution in [2.75, 3.05) is 5.32 Å². The number of para-hydroxylation sites is 1. The zero-order chi connectivity index (χ0) is 18.7. The molecule has 0 radical (unpaired) electrons. The number of rotatable bonds is 4. The van der Waals surface area contributed by atoms with Crippen molar-refractivity contribution in [2.45, 2.75) is 6.54 Å². The number of benzene rings is 2. The van der Waals surface area contributed by atoms with E-state index in [0.29, 0.717) is 20.7 Å². The van der Waals surface area contributed by atoms with Gasteiger partial charge in [0.2, 0.25) is 0 Å². The summed E-state index contributed by atoms with van der Waals surface area (Å²) < 4.78 is 1.62. The van der Waals surface area contributed by atoms with Crippen LogP contribution in [0, 0.1) is 0 Å². The molecule has 0 saturated heterocycles. The molecule has 3 aromatic rings. The largest absolute Gasteiger partial charge is 0.328 e. The van der Waals surface area contributed by atoms with Gasteiger partial charge in [-0.3, -0.25) is 14.2 Å². The standard InChI is InChI=1S/C18H13BrClN3O3/c19-13-6-2-4-8-15(13)22-16(24)12-9-21-18(26)23(17(12)25)10-11-5-1-3-7-14(11)20/h1-9H,10H2,(H,21,26)(H,22,24). The molecule has 2 aromatic carbocycles. The van der Waals surface area contributed by atoms with Gasteiger partial charge in [0.1, 0.15) is 5.56 Å². The van der Waals surface area contributed by atoms with Crippen molar-refractivity contribution in [2.24, 2.45) is 0 Å². The summed E-state index contributed by atoms with van der Waals surface area (Å²) in [6.07, 6.45) is 1.11. The van der Waals surface area contributed by atoms with E-state index in [-0.39, 0.29) is 12.1 Å². The van der Waals surface area contributed by atoms with Gasteiger partial charge < -0.3 is 10.3 Å². The number of nitrogens with one attached hydrogen (secondary N) is 2. The monoisotopic (exact) mass is 433 g/mol. The van der Waals surface area contributed by atoms with Crippen LogP contribution in [0.25, 0.3) is 0 Å². The van der Waals surface area contributed by atoms with Crippen LogP contribution in [0.15, 0.2) is 68.8 Å². The number of hydrogen-bond acceptors (Lipinski definition) is 3. The number of aromatic amines is 1. The van der Waals surface area contributed by atoms with Gasteiger partial charge in [-0.05, 0) is 39.7 Å². The average molecular weight is 435 g/mol. The number of nitrogens with zero attached hydrogens (tertiary/aromatic N) is 1. The Bertz CT molecular complexity index is 1090. The van der Waals surface area contributed by atoms with E-state index in [4.69, 9.17) is 11.6 Å². The average Bonchev–Trinajstić information content (AvgIpc) is 2.62. The van der Waals surface area contributed by atoms with Crippen molar-refractivity contribution in [3.63, 3.8) is 0 Å². The van der Waals surface area contributed by atoms with Gasteiger partial charge in [0, 0.05) is 15.7 Å². The summed E-state index contributed by atoms with van der Waals surface area (Å²) in [6, 6.07) is 13.9. The second kappa shape index (κ2) is 7.72. The van der Waals surface area contributed by atoms with Crippen molar-refractivity contribution in [1.29, 1.82) is 0 Å². The summed E-state index contributed by atoms with van der Waals surface area (Å²) in [5.41, 5.74) is -0.371. The zero-order valence-corrected chi connectivity index (χ0v) is 15.7. The molecular formula is C18H13BrClN3O3. The lowest BCUT2D eigenvalue weighted by Gasteiger charge is -2.10. The molecule has 0 saturated carbocycles. The highest BCUT2D eigenvalue weighted by Crippen LogP contribution is 2.21. The molecular weight excluding hydrogens is 422 g/mol. The molecule has 1 heterocycles. The van der Waals surface area contributed by atoms with Gasteiger partial charge in [-0.1, -0.05) is 41.9 Å². The number of aromatic nitrogens is 2. The van der Waals surface area contributed by atoms with E-state index in [9.17, 15) is 14.4 Å². The molecule has 0 aliphatic heterocycles. The van der Waals surface area contributed by atoms with Gasteiger partial charge in [-0.2, -0.15) is 0 Å². The van der Waals surface area contributed by atoms with Crippen LogP contribution in [-0.4, -0.2) is 15.5 Å². The van der Waals surface area contributed by atoms with Gasteiger partial charge in [-0.15, -0.1) is 0 Å². The van der Waals surface area contributed by atoms with E-state index in [1.54, 1.807) is 48.5 Å². The molecule has 3 rings (SSSR count). The highest BCUT2D eigenvalue weighted by molar-refractivity contribution is 9.10. The first-order valence-corrected chi connectivity index (χ1v) is 8.76. The predicted octanol–water partition coefficient (Wildman–Crippen LogP) is 3.25. The minimum atomic E-state index is -0.696. The number of halogens is 2. The molecule has 0 aliphatic rings. The van der Waals surface area contributed by atoms with E-state index in [2.05, 4.69) is 26.2 Å². The van der Waals surface area contributed by atoms with Crippen LogP contribution in [0.5, 0.6) is 0 Å². The summed E-state index contributed by atoms with van der Waals surface area (Å²) in [6.45, 7) is -0.0377. The molecule has 6 nitrogen and oxygen atoms in total. The third-order valence-electron chi connectivity index (χ3n) is 3.71. The normalized spacial score (nSPS) is 10.5. The number of H-pyrrole nitrogens is 1. The number of carbonyl (C=O) groups excluding carboxylic acids is 1. The van der Waals surface area contributed by atoms with Crippen molar-refractivity contribution in [3.05, 3.63) is 96.2 Å². The molecule has 1 amide bonds. The third-order valence-corrected chi connectivity index (χ3v) is 4.77. The van der Waals surface area contributed by atoms with Crippen molar-refractivity contribution in [3.8, 4) is 0 Å². The molecule has 0 aliphatic carbocycles. The summed E-state index contributed by atoms with van der Waals surface area (Å²) in [4.78, 5) is 39.6. The van der Waals surface area contributed by atoms with Crippen LogP contribution in [0.2, 0.25) is 5.02 Å². The number of amides is 1. The van der Waals surface area contributed by atoms with Crippen LogP contribution in [0.1, 0.15) is 15.9 Å². The van der Waals surface area contributed by atoms with Gasteiger partial charge in [-0.25, -0.2) is 4.79 Å². The Kier molecular flexibility index (Phi) is 5.39. The summed E-state index contributed by atoms with van der Waals surface area (Å²) in [5, 5.41) is 3.07. The molecule has 1 aromatic heterocycles. The maximum absolute atomic E-state index is 12.6. The van der Waals surface area contributed by atoms with Crippen LogP contribution < -0.4 is 16.6 Å². The van der Waals surface area contributed by atoms with E-state index < -0.39 is 17.2 Å². The molecule has 0 spiro atoms. The first-order chi connectivity index (χ1) is 12.5. The second-order valence-corrected chi connectivity index (χ2v) is 6.69. The molecule has 2 N–H and O–H groups in total. The molecule has 8 heteroatoms. The molecule has 26 heavy (non-hydrogen) atoms. The maximum atomic E-state index is 12.6. The predicted molar refractivity (Wildman–Crippen MR) is 104 cm³/mol. The highest BCUT2D eigenvalue weighted by Gasteiger charge is 2.16. The second-order valence-electron chi connectivity index (χ2n) is 5.42. The Morgan fingerprint density at radius 3 is 2.54 bits per heavy atom. The fourth-order valence-electron chi connectivity index (χ4n) is 2.37. The first kappa shape index (κ1) is 18.2. The van der Waals surface area contributed by atoms with Gasteiger partial charge >= 0.3 is 5.69 Å². The fraction of sp³-hybridized carbons (Fsp3) is 0.0556. The number of anilines is 1. The molecule has 132 valence electrons. The van der Waals surface area contributed by atoms with Crippen LogP contribution >= 0.6 is 27.5 Å². The third kappa shape index (κ3) is 3.79. The first-order valence-electron chi connectivity index (χ1n) is 7.59. The SMILES string of the molecule is O=C(Nc1ccccc1Br)c1c[nH]c(=O)n(Cc2ccccc2Cl)c1=O. The molecule has 0 fully saturated rings. The topological polar surface area (TPSA) is 84.0 Å². The van der Waals surface area contributed by atoms with Gasteiger partial charge in [0.15, 0.2) is 0 Å². The smallest absolute Gasteiger partial charge is 0.321 e. The van der Waals surface area contributed by atoms with Crippen LogP contribution in [0.3, 0.4) is 0 Å². The Hall–Kier alpha value is -2.64. The zero-order valence-electron chi connectivity index (χ0n) is 13.3. The van der Waals surface area contributed by atoms with Crippen LogP contribution in [0.4, 0.5) is 5.69 Å². The quantitative estimate of drug-likeness (QED) is 0.661.